The lowest BCUT2D eigenvalue weighted by Crippen LogP contribution is -2.56. The van der Waals surface area contributed by atoms with Gasteiger partial charge < -0.3 is 10.2 Å². The highest BCUT2D eigenvalue weighted by molar-refractivity contribution is 5.97. The molecule has 0 radical (unpaired) electrons. The third-order valence-electron chi connectivity index (χ3n) is 3.50. The number of carbonyl (C=O) groups is 2. The third-order valence-corrected chi connectivity index (χ3v) is 3.50. The molecule has 0 aromatic heterocycles. The SMILES string of the molecule is O=C1NC(c2ccccc2)C(=O)N2CCCC12. The van der Waals surface area contributed by atoms with E-state index < -0.39 is 6.04 Å². The lowest BCUT2D eigenvalue weighted by Gasteiger charge is -2.34. The Balaban J connectivity index is 1.92. The molecule has 0 aliphatic carbocycles. The molecule has 1 aromatic carbocycles. The van der Waals surface area contributed by atoms with Crippen molar-refractivity contribution in [2.24, 2.45) is 0 Å². The van der Waals surface area contributed by atoms with Crippen LogP contribution in [0.4, 0.5) is 0 Å². The van der Waals surface area contributed by atoms with Crippen LogP contribution in [0.5, 0.6) is 0 Å². The molecule has 1 N–H and O–H groups in total. The topological polar surface area (TPSA) is 49.4 Å². The molecule has 0 saturated carbocycles. The fourth-order valence-corrected chi connectivity index (χ4v) is 2.64. The molecule has 2 fully saturated rings. The molecule has 2 aliphatic heterocycles. The Morgan fingerprint density at radius 2 is 1.94 bits per heavy atom. The zero-order chi connectivity index (χ0) is 11.8. The summed E-state index contributed by atoms with van der Waals surface area (Å²) in [7, 11) is 0. The minimum atomic E-state index is -0.502. The van der Waals surface area contributed by atoms with Gasteiger partial charge in [0.25, 0.3) is 0 Å². The van der Waals surface area contributed by atoms with Crippen LogP contribution in [-0.4, -0.2) is 29.3 Å². The van der Waals surface area contributed by atoms with Gasteiger partial charge in [0, 0.05) is 6.54 Å². The Morgan fingerprint density at radius 1 is 1.18 bits per heavy atom. The molecule has 3 rings (SSSR count). The lowest BCUT2D eigenvalue weighted by atomic mass is 10.0. The van der Waals surface area contributed by atoms with E-state index in [0.717, 1.165) is 18.4 Å². The van der Waals surface area contributed by atoms with Gasteiger partial charge in [0.1, 0.15) is 12.1 Å². The van der Waals surface area contributed by atoms with Crippen molar-refractivity contribution in [2.45, 2.75) is 24.9 Å². The molecular weight excluding hydrogens is 216 g/mol. The number of piperazine rings is 1. The van der Waals surface area contributed by atoms with Gasteiger partial charge in [-0.1, -0.05) is 30.3 Å². The molecule has 0 bridgehead atoms. The second-order valence-corrected chi connectivity index (χ2v) is 4.54. The van der Waals surface area contributed by atoms with E-state index >= 15 is 0 Å². The van der Waals surface area contributed by atoms with Crippen molar-refractivity contribution >= 4 is 11.8 Å². The van der Waals surface area contributed by atoms with Gasteiger partial charge in [-0.2, -0.15) is 0 Å². The Labute approximate surface area is 99.6 Å². The van der Waals surface area contributed by atoms with Gasteiger partial charge in [-0.05, 0) is 18.4 Å². The summed E-state index contributed by atoms with van der Waals surface area (Å²) in [5.41, 5.74) is 0.858. The summed E-state index contributed by atoms with van der Waals surface area (Å²) in [6.07, 6.45) is 1.71. The first-order chi connectivity index (χ1) is 8.27. The maximum Gasteiger partial charge on any atom is 0.250 e. The van der Waals surface area contributed by atoms with Crippen molar-refractivity contribution in [3.63, 3.8) is 0 Å². The van der Waals surface area contributed by atoms with Crippen LogP contribution >= 0.6 is 0 Å². The van der Waals surface area contributed by atoms with Crippen LogP contribution in [0.3, 0.4) is 0 Å². The number of rotatable bonds is 1. The number of fused-ring (bicyclic) bond motifs is 1. The molecule has 2 atom stereocenters. The maximum absolute atomic E-state index is 12.3. The Hall–Kier alpha value is -1.84. The number of benzene rings is 1. The van der Waals surface area contributed by atoms with Crippen molar-refractivity contribution < 1.29 is 9.59 Å². The Bertz CT molecular complexity index is 458. The van der Waals surface area contributed by atoms with E-state index in [1.165, 1.54) is 0 Å². The molecule has 88 valence electrons. The minimum Gasteiger partial charge on any atom is -0.339 e. The number of hydrogen-bond donors (Lipinski definition) is 1. The van der Waals surface area contributed by atoms with Crippen LogP contribution in [-0.2, 0) is 9.59 Å². The standard InChI is InChI=1S/C13H14N2O2/c16-12-10-7-4-8-15(10)13(17)11(14-12)9-5-2-1-3-6-9/h1-3,5-6,10-11H,4,7-8H2,(H,14,16). The molecule has 4 nitrogen and oxygen atoms in total. The van der Waals surface area contributed by atoms with Crippen LogP contribution < -0.4 is 5.32 Å². The van der Waals surface area contributed by atoms with Crippen LogP contribution in [0.25, 0.3) is 0 Å². The van der Waals surface area contributed by atoms with Crippen LogP contribution in [0.2, 0.25) is 0 Å². The average Bonchev–Trinajstić information content (AvgIpc) is 2.85. The van der Waals surface area contributed by atoms with E-state index in [4.69, 9.17) is 0 Å². The van der Waals surface area contributed by atoms with Gasteiger partial charge in [-0.3, -0.25) is 9.59 Å². The lowest BCUT2D eigenvalue weighted by molar-refractivity contribution is -0.147. The number of nitrogens with one attached hydrogen (secondary N) is 1. The Morgan fingerprint density at radius 3 is 2.71 bits per heavy atom. The molecule has 0 spiro atoms. The highest BCUT2D eigenvalue weighted by atomic mass is 16.2. The van der Waals surface area contributed by atoms with Gasteiger partial charge in [0.2, 0.25) is 11.8 Å². The van der Waals surface area contributed by atoms with E-state index in [9.17, 15) is 9.59 Å². The average molecular weight is 230 g/mol. The molecule has 17 heavy (non-hydrogen) atoms. The number of nitrogens with zero attached hydrogens (tertiary/aromatic N) is 1. The fraction of sp³-hybridized carbons (Fsp3) is 0.385. The van der Waals surface area contributed by atoms with Gasteiger partial charge in [0.05, 0.1) is 0 Å². The summed E-state index contributed by atoms with van der Waals surface area (Å²) in [5, 5.41) is 2.82. The molecule has 2 aliphatic rings. The minimum absolute atomic E-state index is 0.0176. The smallest absolute Gasteiger partial charge is 0.250 e. The van der Waals surface area contributed by atoms with E-state index in [2.05, 4.69) is 5.32 Å². The first-order valence-corrected chi connectivity index (χ1v) is 5.93. The van der Waals surface area contributed by atoms with E-state index in [1.807, 2.05) is 30.3 Å². The van der Waals surface area contributed by atoms with Crippen molar-refractivity contribution in [1.82, 2.24) is 10.2 Å². The summed E-state index contributed by atoms with van der Waals surface area (Å²) >= 11 is 0. The predicted molar refractivity (Wildman–Crippen MR) is 62.1 cm³/mol. The highest BCUT2D eigenvalue weighted by Crippen LogP contribution is 2.27. The van der Waals surface area contributed by atoms with Crippen molar-refractivity contribution in [3.8, 4) is 0 Å². The molecule has 1 aromatic rings. The van der Waals surface area contributed by atoms with E-state index in [1.54, 1.807) is 4.90 Å². The summed E-state index contributed by atoms with van der Waals surface area (Å²) < 4.78 is 0. The van der Waals surface area contributed by atoms with E-state index in [0.29, 0.717) is 6.54 Å². The fourth-order valence-electron chi connectivity index (χ4n) is 2.64. The van der Waals surface area contributed by atoms with Crippen molar-refractivity contribution in [3.05, 3.63) is 35.9 Å². The molecular formula is C13H14N2O2. The second kappa shape index (κ2) is 3.87. The first-order valence-electron chi connectivity index (χ1n) is 5.93. The summed E-state index contributed by atoms with van der Waals surface area (Å²) in [6.45, 7) is 0.709. The van der Waals surface area contributed by atoms with Crippen molar-refractivity contribution in [2.75, 3.05) is 6.54 Å². The highest BCUT2D eigenvalue weighted by Gasteiger charge is 2.43. The van der Waals surface area contributed by atoms with E-state index in [-0.39, 0.29) is 17.9 Å². The Kier molecular flexibility index (Phi) is 2.35. The quantitative estimate of drug-likeness (QED) is 0.777. The normalized spacial score (nSPS) is 27.9. The summed E-state index contributed by atoms with van der Waals surface area (Å²) in [5.74, 6) is 0.00857. The predicted octanol–water partition coefficient (Wildman–Crippen LogP) is 0.848. The molecule has 4 heteroatoms. The van der Waals surface area contributed by atoms with Gasteiger partial charge in [0.15, 0.2) is 0 Å². The zero-order valence-corrected chi connectivity index (χ0v) is 9.43. The van der Waals surface area contributed by atoms with Crippen molar-refractivity contribution in [1.29, 1.82) is 0 Å². The molecule has 2 saturated heterocycles. The summed E-state index contributed by atoms with van der Waals surface area (Å²) in [4.78, 5) is 25.9. The zero-order valence-electron chi connectivity index (χ0n) is 9.43. The van der Waals surface area contributed by atoms with Crippen LogP contribution in [0, 0.1) is 0 Å². The van der Waals surface area contributed by atoms with Gasteiger partial charge in [-0.25, -0.2) is 0 Å². The molecule has 2 heterocycles. The van der Waals surface area contributed by atoms with Crippen LogP contribution in [0.1, 0.15) is 24.4 Å². The number of amides is 2. The number of hydrogen-bond acceptors (Lipinski definition) is 2. The maximum atomic E-state index is 12.3. The third kappa shape index (κ3) is 1.60. The van der Waals surface area contributed by atoms with Crippen LogP contribution in [0.15, 0.2) is 30.3 Å². The largest absolute Gasteiger partial charge is 0.339 e. The molecule has 2 amide bonds. The monoisotopic (exact) mass is 230 g/mol. The second-order valence-electron chi connectivity index (χ2n) is 4.54. The van der Waals surface area contributed by atoms with Gasteiger partial charge >= 0.3 is 0 Å². The van der Waals surface area contributed by atoms with Gasteiger partial charge in [-0.15, -0.1) is 0 Å². The number of carbonyl (C=O) groups excluding carboxylic acids is 2. The first kappa shape index (κ1) is 10.3. The summed E-state index contributed by atoms with van der Waals surface area (Å²) in [6, 6.07) is 8.67. The molecule has 2 unspecified atom stereocenters.